The quantitative estimate of drug-likeness (QED) is 0.162. The van der Waals surface area contributed by atoms with E-state index in [1.807, 2.05) is 87.6 Å². The van der Waals surface area contributed by atoms with Crippen LogP contribution in [0.2, 0.25) is 36.2 Å². The Labute approximate surface area is 611 Å². The van der Waals surface area contributed by atoms with Crippen molar-refractivity contribution in [2.75, 3.05) is 0 Å². The minimum atomic E-state index is -1.06. The van der Waals surface area contributed by atoms with E-state index in [0.29, 0.717) is 17.3 Å². The average Bonchev–Trinajstić information content (AvgIpc) is 1.49. The van der Waals surface area contributed by atoms with Gasteiger partial charge in [0.05, 0.1) is 0 Å². The van der Waals surface area contributed by atoms with E-state index >= 15 is 0 Å². The Hall–Kier alpha value is -3.42. The molecular formula is C83H98Cl2O2S2Si2Zr2. The third-order valence-corrected chi connectivity index (χ3v) is 34.6. The molecule has 4 heterocycles. The average molecular weight is 1500 g/mol. The fraction of sp³-hybridized carbons (Fsp3) is 0.398. The molecule has 8 aliphatic rings. The van der Waals surface area contributed by atoms with E-state index in [0.717, 1.165) is 40.5 Å². The monoisotopic (exact) mass is 1500 g/mol. The van der Waals surface area contributed by atoms with Crippen molar-refractivity contribution in [1.29, 1.82) is 0 Å². The molecule has 6 aromatic carbocycles. The Morgan fingerprint density at radius 3 is 1.39 bits per heavy atom. The molecular weight excluding hydrogens is 1400 g/mol. The van der Waals surface area contributed by atoms with Gasteiger partial charge in [-0.3, -0.25) is 0 Å². The van der Waals surface area contributed by atoms with Crippen molar-refractivity contribution in [3.63, 3.8) is 0 Å². The molecule has 0 spiro atoms. The maximum atomic E-state index is 11.9. The van der Waals surface area contributed by atoms with E-state index in [4.69, 9.17) is 23.2 Å². The van der Waals surface area contributed by atoms with Crippen molar-refractivity contribution in [2.45, 2.75) is 198 Å². The van der Waals surface area contributed by atoms with E-state index < -0.39 is 16.1 Å². The first-order valence-corrected chi connectivity index (χ1v) is 44.5. The molecule has 2 fully saturated rings. The van der Waals surface area contributed by atoms with Crippen molar-refractivity contribution in [1.82, 2.24) is 0 Å². The predicted octanol–water partition coefficient (Wildman–Crippen LogP) is 24.4. The van der Waals surface area contributed by atoms with E-state index in [-0.39, 0.29) is 38.6 Å². The maximum absolute atomic E-state index is 11.9. The summed E-state index contributed by atoms with van der Waals surface area (Å²) in [5, 5.41) is 35.0. The van der Waals surface area contributed by atoms with Gasteiger partial charge >= 0.3 is 255 Å². The fourth-order valence-electron chi connectivity index (χ4n) is 14.7. The number of hydrogen-bond donors (Lipinski definition) is 0. The molecule has 4 aliphatic carbocycles. The number of fused-ring (bicyclic) bond motifs is 4. The molecule has 93 heavy (non-hydrogen) atoms. The zero-order chi connectivity index (χ0) is 68.8. The Balaban J connectivity index is 0.000000133. The molecule has 2 nitrogen and oxygen atoms in total. The Bertz CT molecular complexity index is 4060. The Morgan fingerprint density at radius 2 is 0.946 bits per heavy atom. The molecule has 484 valence electrons. The van der Waals surface area contributed by atoms with Gasteiger partial charge in [-0.15, -0.1) is 11.5 Å². The zero-order valence-electron chi connectivity index (χ0n) is 59.7. The standard InChI is InChI=1S/C21H23.2C14H21ClO.C14H11.2C10H12SSi.2Zr/c1-5-15-13-17-7-6-8-19(20(17)14-15)16-9-11-18(12-10-16)21(2,3)4;2*1-13(2,3)9-7-8-10(16)11(12(9)15)14(4,5)6;1-10-8-12-7-6-11-4-2-3-5-13(11)14(12)9-10;2*1-6-10-9-7(11-6)4-5-8(9)12(10,2)3;;/h6-14H,5H2,1-4H3;2*7-8,16H,1-6H3;2-9H,1H3;2*4-5,9H,1-3H3;;/q;;;;;;2*+1/p-2. The molecule has 0 radical (unpaired) electrons. The van der Waals surface area contributed by atoms with Gasteiger partial charge in [-0.25, -0.2) is 0 Å². The zero-order valence-corrected chi connectivity index (χ0v) is 69.7. The number of halogens is 2. The van der Waals surface area contributed by atoms with Crippen LogP contribution >= 0.6 is 46.7 Å². The molecule has 2 saturated heterocycles. The molecule has 0 amide bonds. The second-order valence-corrected chi connectivity index (χ2v) is 47.4. The molecule has 0 N–H and O–H groups in total. The van der Waals surface area contributed by atoms with Crippen LogP contribution in [0.4, 0.5) is 0 Å². The van der Waals surface area contributed by atoms with Gasteiger partial charge < -0.3 is 10.2 Å². The topological polar surface area (TPSA) is 46.1 Å². The van der Waals surface area contributed by atoms with Crippen molar-refractivity contribution in [3.05, 3.63) is 239 Å². The van der Waals surface area contributed by atoms with Gasteiger partial charge in [0, 0.05) is 21.9 Å². The van der Waals surface area contributed by atoms with Crippen LogP contribution in [0.5, 0.6) is 11.5 Å². The van der Waals surface area contributed by atoms with E-state index in [1.54, 1.807) is 97.2 Å². The van der Waals surface area contributed by atoms with E-state index in [1.165, 1.54) is 55.3 Å². The SMILES string of the molecule is CC(C)(C)c1ccc([O-])c(C(C)(C)C)c1Cl.CC(C)(C)c1ccc([O-])c(C(C)(C)C)c1Cl.CC1=C2C3C(=CC=C3[Si]2(C)C)S1.CC1=C2C3C(=CC=C3[Si]2(C)C)S1.CC1=Cc2c(ccc3ccccc23)[CH]1[Zr+].CCC1=Cc2c(-c3ccc(C(C)(C)C)cc3)cccc2[CH]1[Zr+]. The molecule has 10 heteroatoms. The van der Waals surface area contributed by atoms with Crippen LogP contribution in [0.15, 0.2) is 179 Å². The molecule has 0 aromatic heterocycles. The van der Waals surface area contributed by atoms with E-state index in [9.17, 15) is 10.2 Å². The van der Waals surface area contributed by atoms with Crippen LogP contribution in [0.3, 0.4) is 0 Å². The first-order chi connectivity index (χ1) is 43.0. The molecule has 4 atom stereocenters. The summed E-state index contributed by atoms with van der Waals surface area (Å²) in [4.78, 5) is 6.42. The summed E-state index contributed by atoms with van der Waals surface area (Å²) < 4.78 is 1.33. The summed E-state index contributed by atoms with van der Waals surface area (Å²) >= 11 is 20.0. The number of hydrogen-bond acceptors (Lipinski definition) is 4. The van der Waals surface area contributed by atoms with Crippen molar-refractivity contribution >= 4 is 85.8 Å². The van der Waals surface area contributed by atoms with Crippen LogP contribution in [0, 0.1) is 11.8 Å². The first kappa shape index (κ1) is 73.8. The summed E-state index contributed by atoms with van der Waals surface area (Å²) in [6.45, 7) is 50.5. The summed E-state index contributed by atoms with van der Waals surface area (Å²) in [6.07, 6.45) is 15.4. The second kappa shape index (κ2) is 27.4. The van der Waals surface area contributed by atoms with Gasteiger partial charge in [0.15, 0.2) is 0 Å². The van der Waals surface area contributed by atoms with Crippen molar-refractivity contribution in [2.24, 2.45) is 11.8 Å². The van der Waals surface area contributed by atoms with Crippen LogP contribution < -0.4 is 10.2 Å². The second-order valence-electron chi connectivity index (χ2n) is 32.5. The van der Waals surface area contributed by atoms with Crippen LogP contribution in [-0.2, 0) is 76.5 Å². The Morgan fingerprint density at radius 1 is 0.484 bits per heavy atom. The Kier molecular flexibility index (Phi) is 21.7. The predicted molar refractivity (Wildman–Crippen MR) is 403 cm³/mol. The van der Waals surface area contributed by atoms with Crippen molar-refractivity contribution < 1.29 is 59.7 Å². The number of allylic oxidation sites excluding steroid dienone is 14. The molecule has 0 bridgehead atoms. The van der Waals surface area contributed by atoms with Gasteiger partial charge in [-0.05, 0) is 77.4 Å². The number of benzene rings is 6. The normalized spacial score (nSPS) is 20.5. The summed E-state index contributed by atoms with van der Waals surface area (Å²) in [7, 11) is -2.13. The van der Waals surface area contributed by atoms with Crippen LogP contribution in [-0.4, -0.2) is 16.1 Å². The third kappa shape index (κ3) is 14.7. The van der Waals surface area contributed by atoms with Gasteiger partial charge in [-0.1, -0.05) is 225 Å². The molecule has 14 rings (SSSR count). The molecule has 4 aliphatic heterocycles. The van der Waals surface area contributed by atoms with Crippen LogP contribution in [0.1, 0.15) is 195 Å². The summed E-state index contributed by atoms with van der Waals surface area (Å²) in [5.41, 5.74) is 16.4. The first-order valence-electron chi connectivity index (χ1n) is 33.2. The number of thioether (sulfide) groups is 2. The number of rotatable bonds is 2. The molecule has 0 saturated carbocycles. The minimum absolute atomic E-state index is 0.0329. The fourth-order valence-corrected chi connectivity index (χ4v) is 29.8. The summed E-state index contributed by atoms with van der Waals surface area (Å²) in [5.74, 6) is 1.64. The van der Waals surface area contributed by atoms with Crippen LogP contribution in [0.25, 0.3) is 34.1 Å². The van der Waals surface area contributed by atoms with Gasteiger partial charge in [0.25, 0.3) is 0 Å². The van der Waals surface area contributed by atoms with Gasteiger partial charge in [0.1, 0.15) is 16.1 Å². The summed E-state index contributed by atoms with van der Waals surface area (Å²) in [6, 6.07) is 36.1. The van der Waals surface area contributed by atoms with Gasteiger partial charge in [0.2, 0.25) is 0 Å². The van der Waals surface area contributed by atoms with Crippen molar-refractivity contribution in [3.8, 4) is 22.6 Å². The molecule has 4 unspecified atom stereocenters. The van der Waals surface area contributed by atoms with Gasteiger partial charge in [-0.2, -0.15) is 0 Å². The van der Waals surface area contributed by atoms with E-state index in [2.05, 4.69) is 232 Å². The molecule has 6 aromatic rings. The third-order valence-electron chi connectivity index (χ3n) is 19.8.